The van der Waals surface area contributed by atoms with Gasteiger partial charge in [0, 0.05) is 6.92 Å². The van der Waals surface area contributed by atoms with Crippen LogP contribution in [0, 0.1) is 20.8 Å². The Labute approximate surface area is 123 Å². The quantitative estimate of drug-likeness (QED) is 0.899. The average Bonchev–Trinajstić information content (AvgIpc) is 2.84. The first-order chi connectivity index (χ1) is 9.83. The molecule has 0 radical (unpaired) electrons. The number of aryl methyl sites for hydroxylation is 3. The number of hydrogen-bond acceptors (Lipinski definition) is 6. The SMILES string of the molecule is COc1cc(C)c(S(=O)(=O)NCc2nnc(C)o2)cc1C. The van der Waals surface area contributed by atoms with E-state index < -0.39 is 10.0 Å². The van der Waals surface area contributed by atoms with Gasteiger partial charge in [-0.25, -0.2) is 13.1 Å². The Morgan fingerprint density at radius 3 is 2.48 bits per heavy atom. The van der Waals surface area contributed by atoms with Gasteiger partial charge in [0.25, 0.3) is 0 Å². The molecule has 21 heavy (non-hydrogen) atoms. The summed E-state index contributed by atoms with van der Waals surface area (Å²) in [7, 11) is -2.11. The Morgan fingerprint density at radius 2 is 1.90 bits per heavy atom. The highest BCUT2D eigenvalue weighted by Gasteiger charge is 2.19. The summed E-state index contributed by atoms with van der Waals surface area (Å²) in [6, 6.07) is 3.27. The van der Waals surface area contributed by atoms with Crippen molar-refractivity contribution in [2.24, 2.45) is 0 Å². The van der Waals surface area contributed by atoms with E-state index in [1.807, 2.05) is 0 Å². The zero-order valence-corrected chi connectivity index (χ0v) is 13.1. The molecule has 2 rings (SSSR count). The van der Waals surface area contributed by atoms with Crippen molar-refractivity contribution in [3.05, 3.63) is 35.0 Å². The van der Waals surface area contributed by atoms with Crippen LogP contribution in [0.25, 0.3) is 0 Å². The summed E-state index contributed by atoms with van der Waals surface area (Å²) in [5, 5.41) is 7.39. The van der Waals surface area contributed by atoms with E-state index in [1.165, 1.54) is 0 Å². The van der Waals surface area contributed by atoms with E-state index in [-0.39, 0.29) is 17.3 Å². The summed E-state index contributed by atoms with van der Waals surface area (Å²) < 4.78 is 37.4. The average molecular weight is 311 g/mol. The Balaban J connectivity index is 2.25. The van der Waals surface area contributed by atoms with Crippen molar-refractivity contribution in [2.45, 2.75) is 32.2 Å². The predicted octanol–water partition coefficient (Wildman–Crippen LogP) is 1.48. The number of rotatable bonds is 5. The molecular weight excluding hydrogens is 294 g/mol. The van der Waals surface area contributed by atoms with Crippen molar-refractivity contribution in [3.8, 4) is 5.75 Å². The first-order valence-corrected chi connectivity index (χ1v) is 7.75. The van der Waals surface area contributed by atoms with Gasteiger partial charge in [-0.1, -0.05) is 0 Å². The van der Waals surface area contributed by atoms with Crippen molar-refractivity contribution < 1.29 is 17.6 Å². The number of ether oxygens (including phenoxy) is 1. The second kappa shape index (κ2) is 5.82. The Kier molecular flexibility index (Phi) is 4.29. The number of aromatic nitrogens is 2. The highest BCUT2D eigenvalue weighted by molar-refractivity contribution is 7.89. The number of benzene rings is 1. The molecular formula is C13H17N3O4S. The summed E-state index contributed by atoms with van der Waals surface area (Å²) >= 11 is 0. The van der Waals surface area contributed by atoms with Crippen LogP contribution >= 0.6 is 0 Å². The summed E-state index contributed by atoms with van der Waals surface area (Å²) in [4.78, 5) is 0.206. The molecule has 0 saturated carbocycles. The topological polar surface area (TPSA) is 94.3 Å². The maximum absolute atomic E-state index is 12.3. The summed E-state index contributed by atoms with van der Waals surface area (Å²) in [6.45, 7) is 5.10. The van der Waals surface area contributed by atoms with Crippen LogP contribution < -0.4 is 9.46 Å². The predicted molar refractivity (Wildman–Crippen MR) is 75.5 cm³/mol. The highest BCUT2D eigenvalue weighted by Crippen LogP contribution is 2.25. The lowest BCUT2D eigenvalue weighted by atomic mass is 10.1. The summed E-state index contributed by atoms with van der Waals surface area (Å²) in [6.07, 6.45) is 0. The van der Waals surface area contributed by atoms with Gasteiger partial charge in [-0.3, -0.25) is 0 Å². The lowest BCUT2D eigenvalue weighted by Gasteiger charge is -2.12. The van der Waals surface area contributed by atoms with Crippen LogP contribution in [0.4, 0.5) is 0 Å². The lowest BCUT2D eigenvalue weighted by Crippen LogP contribution is -2.24. The van der Waals surface area contributed by atoms with Gasteiger partial charge in [0.05, 0.1) is 18.6 Å². The maximum atomic E-state index is 12.3. The molecule has 0 bridgehead atoms. The molecule has 0 amide bonds. The third-order valence-electron chi connectivity index (χ3n) is 2.96. The van der Waals surface area contributed by atoms with Gasteiger partial charge < -0.3 is 9.15 Å². The Bertz CT molecular complexity index is 753. The van der Waals surface area contributed by atoms with Crippen molar-refractivity contribution in [3.63, 3.8) is 0 Å². The van der Waals surface area contributed by atoms with Crippen LogP contribution in [-0.4, -0.2) is 25.7 Å². The second-order valence-corrected chi connectivity index (χ2v) is 6.36. The zero-order valence-electron chi connectivity index (χ0n) is 12.3. The molecule has 7 nitrogen and oxygen atoms in total. The van der Waals surface area contributed by atoms with E-state index in [9.17, 15) is 8.42 Å². The molecule has 0 atom stereocenters. The fraction of sp³-hybridized carbons (Fsp3) is 0.385. The van der Waals surface area contributed by atoms with Crippen LogP contribution in [0.15, 0.2) is 21.4 Å². The molecule has 0 aliphatic heterocycles. The molecule has 1 heterocycles. The molecule has 0 saturated heterocycles. The van der Waals surface area contributed by atoms with E-state index in [0.717, 1.165) is 5.56 Å². The number of hydrogen-bond donors (Lipinski definition) is 1. The second-order valence-electron chi connectivity index (χ2n) is 4.63. The van der Waals surface area contributed by atoms with Crippen molar-refractivity contribution >= 4 is 10.0 Å². The minimum atomic E-state index is -3.66. The molecule has 0 aliphatic carbocycles. The highest BCUT2D eigenvalue weighted by atomic mass is 32.2. The van der Waals surface area contributed by atoms with Gasteiger partial charge in [0.15, 0.2) is 0 Å². The molecule has 114 valence electrons. The molecule has 1 N–H and O–H groups in total. The first-order valence-electron chi connectivity index (χ1n) is 6.27. The van der Waals surface area contributed by atoms with Crippen LogP contribution in [-0.2, 0) is 16.6 Å². The molecule has 0 unspecified atom stereocenters. The third-order valence-corrected chi connectivity index (χ3v) is 4.51. The minimum absolute atomic E-state index is 0.0479. The van der Waals surface area contributed by atoms with E-state index in [2.05, 4.69) is 14.9 Å². The smallest absolute Gasteiger partial charge is 0.241 e. The van der Waals surface area contributed by atoms with Crippen LogP contribution in [0.5, 0.6) is 5.75 Å². The summed E-state index contributed by atoms with van der Waals surface area (Å²) in [5.41, 5.74) is 1.35. The normalized spacial score (nSPS) is 11.6. The molecule has 1 aromatic carbocycles. The van der Waals surface area contributed by atoms with Gasteiger partial charge in [-0.05, 0) is 37.1 Å². The molecule has 0 spiro atoms. The first kappa shape index (κ1) is 15.5. The maximum Gasteiger partial charge on any atom is 0.241 e. The molecule has 0 aliphatic rings. The largest absolute Gasteiger partial charge is 0.496 e. The van der Waals surface area contributed by atoms with Crippen LogP contribution in [0.1, 0.15) is 22.9 Å². The van der Waals surface area contributed by atoms with Crippen molar-refractivity contribution in [1.29, 1.82) is 0 Å². The van der Waals surface area contributed by atoms with Gasteiger partial charge in [-0.15, -0.1) is 10.2 Å². The Hall–Kier alpha value is -1.93. The van der Waals surface area contributed by atoms with E-state index in [0.29, 0.717) is 17.2 Å². The number of methoxy groups -OCH3 is 1. The number of sulfonamides is 1. The molecule has 0 fully saturated rings. The van der Waals surface area contributed by atoms with E-state index >= 15 is 0 Å². The monoisotopic (exact) mass is 311 g/mol. The Morgan fingerprint density at radius 1 is 1.19 bits per heavy atom. The van der Waals surface area contributed by atoms with Crippen molar-refractivity contribution in [2.75, 3.05) is 7.11 Å². The van der Waals surface area contributed by atoms with Gasteiger partial charge >= 0.3 is 0 Å². The molecule has 1 aromatic heterocycles. The van der Waals surface area contributed by atoms with Gasteiger partial charge in [0.2, 0.25) is 21.8 Å². The van der Waals surface area contributed by atoms with Crippen LogP contribution in [0.2, 0.25) is 0 Å². The number of nitrogens with one attached hydrogen (secondary N) is 1. The third kappa shape index (κ3) is 3.40. The lowest BCUT2D eigenvalue weighted by molar-refractivity contribution is 0.411. The van der Waals surface area contributed by atoms with Gasteiger partial charge in [0.1, 0.15) is 5.75 Å². The molecule has 8 heteroatoms. The van der Waals surface area contributed by atoms with Crippen LogP contribution in [0.3, 0.4) is 0 Å². The molecule has 2 aromatic rings. The van der Waals surface area contributed by atoms with Gasteiger partial charge in [-0.2, -0.15) is 0 Å². The van der Waals surface area contributed by atoms with E-state index in [1.54, 1.807) is 40.0 Å². The minimum Gasteiger partial charge on any atom is -0.496 e. The van der Waals surface area contributed by atoms with E-state index in [4.69, 9.17) is 9.15 Å². The fourth-order valence-corrected chi connectivity index (χ4v) is 3.20. The standard InChI is InChI=1S/C13H17N3O4S/c1-8-6-12(9(2)5-11(8)19-4)21(17,18)14-7-13-16-15-10(3)20-13/h5-6,14H,7H2,1-4H3. The van der Waals surface area contributed by atoms with Crippen molar-refractivity contribution in [1.82, 2.24) is 14.9 Å². The fourth-order valence-electron chi connectivity index (χ4n) is 1.92. The number of nitrogens with zero attached hydrogens (tertiary/aromatic N) is 2. The zero-order chi connectivity index (χ0) is 15.6. The summed E-state index contributed by atoms with van der Waals surface area (Å²) in [5.74, 6) is 1.26.